The molecule has 3 aromatic heterocycles. The molecule has 0 amide bonds. The third-order valence-corrected chi connectivity index (χ3v) is 20.5. The molecule has 0 aliphatic carbocycles. The smallest absolute Gasteiger partial charge is 0.488 e. The number of guanidine groups is 1. The number of ketones is 2. The molecule has 15 N–H and O–H groups in total. The summed E-state index contributed by atoms with van der Waals surface area (Å²) in [5.74, 6) is 2.49. The second-order valence-electron chi connectivity index (χ2n) is 28.5. The van der Waals surface area contributed by atoms with Crippen LogP contribution in [0.4, 0.5) is 46.3 Å². The molecule has 13 aromatic carbocycles. The van der Waals surface area contributed by atoms with Crippen LogP contribution >= 0.6 is 47.8 Å². The maximum absolute atomic E-state index is 11.9. The number of nitrogens with one attached hydrogen (secondary N) is 1. The molecule has 0 fully saturated rings. The Balaban J connectivity index is 0.000000184. The van der Waals surface area contributed by atoms with E-state index in [1.165, 1.54) is 66.7 Å². The number of benzene rings is 13. The lowest BCUT2D eigenvalue weighted by Gasteiger charge is -2.09. The number of hydrogen-bond acceptors (Lipinski definition) is 27. The monoisotopic (exact) mass is 2030 g/mol. The molecule has 137 heavy (non-hydrogen) atoms. The molecule has 0 bridgehead atoms. The van der Waals surface area contributed by atoms with Crippen molar-refractivity contribution in [2.75, 3.05) is 44.3 Å². The van der Waals surface area contributed by atoms with Gasteiger partial charge in [-0.3, -0.25) is 60.3 Å². The maximum atomic E-state index is 11.9. The van der Waals surface area contributed by atoms with E-state index in [2.05, 4.69) is 101 Å². The van der Waals surface area contributed by atoms with Gasteiger partial charge in [0, 0.05) is 118 Å². The summed E-state index contributed by atoms with van der Waals surface area (Å²) < 4.78 is 18.1. The van der Waals surface area contributed by atoms with Crippen LogP contribution in [0.5, 0.6) is 17.2 Å². The number of methoxy groups -OCH3 is 3. The first kappa shape index (κ1) is 103. The molecular formula is C100H85BBr3N17O16. The lowest BCUT2D eigenvalue weighted by molar-refractivity contribution is -0.385. The van der Waals surface area contributed by atoms with E-state index in [4.69, 9.17) is 52.6 Å². The lowest BCUT2D eigenvalue weighted by Crippen LogP contribution is -2.29. The van der Waals surface area contributed by atoms with Crippen molar-refractivity contribution in [1.82, 2.24) is 29.9 Å². The molecule has 3 heterocycles. The van der Waals surface area contributed by atoms with Crippen molar-refractivity contribution in [2.24, 2.45) is 11.5 Å². The van der Waals surface area contributed by atoms with Gasteiger partial charge in [-0.15, -0.1) is 0 Å². The van der Waals surface area contributed by atoms with Crippen molar-refractivity contribution in [3.8, 4) is 107 Å². The summed E-state index contributed by atoms with van der Waals surface area (Å²) in [6.45, 7) is 1.56. The van der Waals surface area contributed by atoms with Crippen LogP contribution in [0, 0.1) is 45.9 Å². The zero-order chi connectivity index (χ0) is 99.2. The van der Waals surface area contributed by atoms with E-state index in [0.717, 1.165) is 103 Å². The van der Waals surface area contributed by atoms with Crippen LogP contribution in [0.15, 0.2) is 353 Å². The number of halogens is 3. The number of carbonyl (C=O) groups excluding carboxylic acids is 3. The van der Waals surface area contributed by atoms with Crippen molar-refractivity contribution < 1.29 is 58.3 Å². The second kappa shape index (κ2) is 51.5. The number of ether oxygens (including phenoxy) is 3. The largest absolute Gasteiger partial charge is 0.497 e. The van der Waals surface area contributed by atoms with E-state index >= 15 is 0 Å². The Bertz CT molecular complexity index is 6910. The molecule has 690 valence electrons. The summed E-state index contributed by atoms with van der Waals surface area (Å²) in [6, 6.07) is 97.5. The minimum atomic E-state index is -1.40. The number of nitrogens with two attached hydrogens (primary N) is 6. The lowest BCUT2D eigenvalue weighted by atomic mass is 9.80. The molecule has 0 saturated heterocycles. The summed E-state index contributed by atoms with van der Waals surface area (Å²) >= 11 is 10.0. The molecule has 0 unspecified atom stereocenters. The van der Waals surface area contributed by atoms with E-state index in [-0.39, 0.29) is 58.1 Å². The maximum Gasteiger partial charge on any atom is 0.488 e. The average molecular weight is 2030 g/mol. The first-order valence-corrected chi connectivity index (χ1v) is 42.9. The molecule has 16 rings (SSSR count). The number of Topliss-reactive ketones (excluding diaryl/α,β-unsaturated/α-hetero) is 1. The van der Waals surface area contributed by atoms with Gasteiger partial charge in [-0.25, -0.2) is 29.9 Å². The van der Waals surface area contributed by atoms with Crippen LogP contribution in [-0.2, 0) is 0 Å². The van der Waals surface area contributed by atoms with Crippen LogP contribution < -0.4 is 54.1 Å². The summed E-state index contributed by atoms with van der Waals surface area (Å²) in [7, 11) is 3.46. The SMILES string of the molecule is CC(=O)c1cccc(Br)c1.COc1ccc(-c2cccc(-c3cc(-c4ccc(N)cc4)nc(N)n3)c2)cc1.COc1ccc(-c2cccc(-c3cc(-c4ccc([N+](=O)[O-])cc4)nc(N)n3)c2)cc1.COc1ccc(B(O)O)cc1.N=C(N)N.Nc1nc(-c2ccc([N+](=O)[O-])cc2)cc(-c2cccc(Br)c2)n1.O=C(/C=C/c1ccc([N+](=O)[O-])cc1)c1cccc(Br)c1.O=Cc1ccc([N+](=O)[O-])cc1. The van der Waals surface area contributed by atoms with Gasteiger partial charge in [0.15, 0.2) is 17.5 Å². The van der Waals surface area contributed by atoms with Crippen molar-refractivity contribution >= 4 is 137 Å². The zero-order valence-corrected chi connectivity index (χ0v) is 78.0. The highest BCUT2D eigenvalue weighted by Gasteiger charge is 2.17. The summed E-state index contributed by atoms with van der Waals surface area (Å²) in [5, 5.41) is 65.7. The Kier molecular flexibility index (Phi) is 38.9. The Labute approximate surface area is 810 Å². The van der Waals surface area contributed by atoms with Gasteiger partial charge >= 0.3 is 7.12 Å². The van der Waals surface area contributed by atoms with Gasteiger partial charge < -0.3 is 58.7 Å². The molecule has 16 aromatic rings. The van der Waals surface area contributed by atoms with E-state index in [1.54, 1.807) is 125 Å². The molecule has 0 radical (unpaired) electrons. The third-order valence-electron chi connectivity index (χ3n) is 19.0. The number of rotatable bonds is 21. The van der Waals surface area contributed by atoms with Crippen LogP contribution in [-0.4, -0.2) is 112 Å². The average Bonchev–Trinajstić information content (AvgIpc) is 0.804. The summed E-state index contributed by atoms with van der Waals surface area (Å²) in [4.78, 5) is 99.2. The van der Waals surface area contributed by atoms with E-state index < -0.39 is 26.8 Å². The number of carbonyl (C=O) groups is 3. The van der Waals surface area contributed by atoms with Crippen molar-refractivity contribution in [3.63, 3.8) is 0 Å². The van der Waals surface area contributed by atoms with Gasteiger partial charge in [-0.05, 0) is 210 Å². The van der Waals surface area contributed by atoms with Gasteiger partial charge in [0.2, 0.25) is 17.8 Å². The Morgan fingerprint density at radius 3 is 0.949 bits per heavy atom. The predicted molar refractivity (Wildman–Crippen MR) is 544 cm³/mol. The van der Waals surface area contributed by atoms with Gasteiger partial charge in [0.1, 0.15) is 23.5 Å². The molecule has 37 heteroatoms. The fraction of sp³-hybridized carbons (Fsp3) is 0.0400. The van der Waals surface area contributed by atoms with Crippen molar-refractivity contribution in [2.45, 2.75) is 6.92 Å². The number of nitro groups is 4. The quantitative estimate of drug-likeness (QED) is 0.00371. The molecule has 0 aliphatic rings. The highest BCUT2D eigenvalue weighted by molar-refractivity contribution is 9.11. The minimum absolute atomic E-state index is 0.00407. The van der Waals surface area contributed by atoms with E-state index in [9.17, 15) is 54.8 Å². The molecule has 0 atom stereocenters. The van der Waals surface area contributed by atoms with Crippen LogP contribution in [0.2, 0.25) is 0 Å². The number of nitrogens with zero attached hydrogens (tertiary/aromatic N) is 10. The van der Waals surface area contributed by atoms with E-state index in [1.807, 2.05) is 170 Å². The highest BCUT2D eigenvalue weighted by Crippen LogP contribution is 2.34. The van der Waals surface area contributed by atoms with Gasteiger partial charge in [-0.2, -0.15) is 0 Å². The molecule has 0 spiro atoms. The number of nitrogen functional groups attached to an aromatic ring is 4. The number of anilines is 4. The number of nitro benzene ring substituents is 4. The molecule has 0 aliphatic heterocycles. The fourth-order valence-electron chi connectivity index (χ4n) is 12.2. The van der Waals surface area contributed by atoms with Gasteiger partial charge in [0.25, 0.3) is 22.7 Å². The predicted octanol–water partition coefficient (Wildman–Crippen LogP) is 20.2. The highest BCUT2D eigenvalue weighted by atomic mass is 79.9. The Hall–Kier alpha value is -17.3. The van der Waals surface area contributed by atoms with Gasteiger partial charge in [0.05, 0.1) is 75.2 Å². The number of aldehydes is 1. The fourth-order valence-corrected chi connectivity index (χ4v) is 13.4. The molecule has 0 saturated carbocycles. The first-order valence-electron chi connectivity index (χ1n) is 40.5. The van der Waals surface area contributed by atoms with Crippen LogP contribution in [0.1, 0.15) is 43.6 Å². The molecule has 33 nitrogen and oxygen atoms in total. The Morgan fingerprint density at radius 1 is 0.358 bits per heavy atom. The number of allylic oxidation sites excluding steroid dienone is 1. The topological polar surface area (TPSA) is 549 Å². The van der Waals surface area contributed by atoms with Gasteiger partial charge in [-0.1, -0.05) is 175 Å². The van der Waals surface area contributed by atoms with Crippen LogP contribution in [0.25, 0.3) is 95.9 Å². The van der Waals surface area contributed by atoms with Crippen molar-refractivity contribution in [3.05, 3.63) is 416 Å². The standard InChI is InChI=1S/C23H18N4O3.C23H20N4O.C16H11BrN4O2.C15H10BrNO3.C8H7BrO.C7H9BO3.C7H5NO3.CH5N3/c1-30-20-11-7-15(8-12-20)17-3-2-4-18(13-17)22-14-21(25-23(24)26-22)16-5-9-19(10-6-16)27(28)29;1-28-20-11-7-15(8-12-20)17-3-2-4-18(13-17)22-14-21(26-23(25)27-22)16-5-9-19(24)10-6-16;17-12-3-1-2-11(8-12)15-9-14(19-16(18)20-15)10-4-6-13(7-5-10)21(22)23;16-13-3-1-2-12(10-13)15(18)9-6-11-4-7-14(8-5-11)17(19)20;1-6(10)7-3-2-4-8(9)5-7;1-11-7-4-2-6(3-5-7)8(9)10;9-5-6-1-3-7(4-2-6)8(10)11;2-1(3)4/h2-14H,1H3,(H2,24,25,26);2-14H,24H2,1H3,(H2,25,26,27);1-9H,(H2,18,19,20);1-10H;2-5H,1H3;2-5,9-10H,1H3;1-5H;(H5,2,3,4)/b;;;9-6+;;;;. The van der Waals surface area contributed by atoms with Crippen LogP contribution in [0.3, 0.4) is 0 Å². The third kappa shape index (κ3) is 32.9. The minimum Gasteiger partial charge on any atom is -0.497 e. The number of aromatic nitrogens is 6. The zero-order valence-electron chi connectivity index (χ0n) is 73.2. The van der Waals surface area contributed by atoms with E-state index in [0.29, 0.717) is 57.1 Å². The summed E-state index contributed by atoms with van der Waals surface area (Å²) in [6.07, 6.45) is 3.72. The first-order chi connectivity index (χ1) is 65.6. The number of non-ortho nitro benzene ring substituents is 4. The second-order valence-corrected chi connectivity index (χ2v) is 31.3. The molecular weight excluding hydrogens is 1950 g/mol. The Morgan fingerprint density at radius 2 is 0.635 bits per heavy atom. The number of hydrogen-bond donors (Lipinski definition) is 9. The van der Waals surface area contributed by atoms with Crippen molar-refractivity contribution in [1.29, 1.82) is 5.41 Å². The normalized spacial score (nSPS) is 10.1. The summed E-state index contributed by atoms with van der Waals surface area (Å²) in [5.41, 5.74) is 49.8.